The van der Waals surface area contributed by atoms with Gasteiger partial charge in [0.2, 0.25) is 0 Å². The summed E-state index contributed by atoms with van der Waals surface area (Å²) in [5.41, 5.74) is 3.56. The van der Waals surface area contributed by atoms with Gasteiger partial charge in [-0.15, -0.1) is 0 Å². The highest BCUT2D eigenvalue weighted by Crippen LogP contribution is 2.31. The van der Waals surface area contributed by atoms with E-state index in [-0.39, 0.29) is 19.1 Å². The molecule has 0 unspecified atom stereocenters. The molecule has 2 atom stereocenters. The number of hydrogen-bond acceptors (Lipinski definition) is 7. The van der Waals surface area contributed by atoms with E-state index in [1.807, 2.05) is 25.1 Å². The standard InChI is InChI=1S/C26H32N2O7/c1-18(17-24(30)28-32)5-4-6-19(2)25(20-7-11-23(12-8-20)34-16-15-29)35-26(31)27-21-9-13-22(33-3)14-10-21/h4-5,7-14,17,19,25,29,32H,6,15-16H2,1-3H3,(H,27,31)(H,28,30)/b5-4+,18-17+/t19-,25-/m1/s1. The zero-order valence-corrected chi connectivity index (χ0v) is 20.1. The third kappa shape index (κ3) is 9.52. The van der Waals surface area contributed by atoms with Crippen LogP contribution in [0.3, 0.4) is 0 Å². The summed E-state index contributed by atoms with van der Waals surface area (Å²) in [6.45, 7) is 3.78. The number of rotatable bonds is 12. The average molecular weight is 485 g/mol. The van der Waals surface area contributed by atoms with Crippen molar-refractivity contribution in [2.45, 2.75) is 26.4 Å². The average Bonchev–Trinajstić information content (AvgIpc) is 2.86. The van der Waals surface area contributed by atoms with Gasteiger partial charge in [0.05, 0.1) is 13.7 Å². The van der Waals surface area contributed by atoms with E-state index >= 15 is 0 Å². The van der Waals surface area contributed by atoms with E-state index in [1.54, 1.807) is 62.0 Å². The molecule has 0 aliphatic rings. The van der Waals surface area contributed by atoms with Crippen molar-refractivity contribution >= 4 is 17.7 Å². The van der Waals surface area contributed by atoms with Crippen molar-refractivity contribution in [1.82, 2.24) is 5.48 Å². The Morgan fingerprint density at radius 2 is 1.71 bits per heavy atom. The van der Waals surface area contributed by atoms with Crippen molar-refractivity contribution in [2.24, 2.45) is 5.92 Å². The van der Waals surface area contributed by atoms with Crippen molar-refractivity contribution < 1.29 is 34.1 Å². The number of aliphatic hydroxyl groups excluding tert-OH is 1. The van der Waals surface area contributed by atoms with E-state index in [4.69, 9.17) is 24.5 Å². The molecular formula is C26H32N2O7. The lowest BCUT2D eigenvalue weighted by Gasteiger charge is -2.24. The van der Waals surface area contributed by atoms with E-state index in [1.165, 1.54) is 6.08 Å². The van der Waals surface area contributed by atoms with Gasteiger partial charge < -0.3 is 19.3 Å². The number of carbonyl (C=O) groups excluding carboxylic acids is 2. The number of amides is 2. The maximum absolute atomic E-state index is 12.7. The number of nitrogens with one attached hydrogen (secondary N) is 2. The van der Waals surface area contributed by atoms with Gasteiger partial charge in [-0.05, 0) is 60.9 Å². The molecule has 4 N–H and O–H groups in total. The van der Waals surface area contributed by atoms with Gasteiger partial charge >= 0.3 is 6.09 Å². The number of ether oxygens (including phenoxy) is 3. The molecule has 0 aliphatic carbocycles. The van der Waals surface area contributed by atoms with Crippen molar-refractivity contribution in [1.29, 1.82) is 0 Å². The van der Waals surface area contributed by atoms with Crippen LogP contribution in [0.15, 0.2) is 72.3 Å². The number of benzene rings is 2. The highest BCUT2D eigenvalue weighted by molar-refractivity contribution is 5.87. The molecule has 2 aromatic carbocycles. The summed E-state index contributed by atoms with van der Waals surface area (Å²) in [6.07, 6.45) is 4.27. The molecule has 9 heteroatoms. The fraction of sp³-hybridized carbons (Fsp3) is 0.308. The number of hydroxylamine groups is 1. The summed E-state index contributed by atoms with van der Waals surface area (Å²) in [7, 11) is 1.57. The van der Waals surface area contributed by atoms with Gasteiger partial charge in [0.1, 0.15) is 24.2 Å². The third-order valence-electron chi connectivity index (χ3n) is 5.01. The van der Waals surface area contributed by atoms with E-state index in [9.17, 15) is 9.59 Å². The Labute approximate surface area is 205 Å². The van der Waals surface area contributed by atoms with Crippen LogP contribution in [0.4, 0.5) is 10.5 Å². The molecule has 0 fully saturated rings. The van der Waals surface area contributed by atoms with Crippen LogP contribution in [0, 0.1) is 5.92 Å². The molecular weight excluding hydrogens is 452 g/mol. The summed E-state index contributed by atoms with van der Waals surface area (Å²) in [6, 6.07) is 14.0. The maximum atomic E-state index is 12.7. The number of methoxy groups -OCH3 is 1. The Morgan fingerprint density at radius 1 is 1.06 bits per heavy atom. The monoisotopic (exact) mass is 484 g/mol. The number of aliphatic hydroxyl groups is 1. The fourth-order valence-electron chi connectivity index (χ4n) is 3.25. The van der Waals surface area contributed by atoms with E-state index < -0.39 is 18.1 Å². The molecule has 2 amide bonds. The van der Waals surface area contributed by atoms with Gasteiger partial charge in [-0.2, -0.15) is 0 Å². The van der Waals surface area contributed by atoms with Crippen LogP contribution in [0.1, 0.15) is 31.9 Å². The Balaban J connectivity index is 2.15. The zero-order chi connectivity index (χ0) is 25.6. The first-order chi connectivity index (χ1) is 16.9. The highest BCUT2D eigenvalue weighted by Gasteiger charge is 2.23. The van der Waals surface area contributed by atoms with Crippen LogP contribution in [-0.2, 0) is 9.53 Å². The molecule has 35 heavy (non-hydrogen) atoms. The van der Waals surface area contributed by atoms with Gasteiger partial charge in [-0.25, -0.2) is 10.3 Å². The van der Waals surface area contributed by atoms with Crippen molar-refractivity contribution in [3.63, 3.8) is 0 Å². The predicted molar refractivity (Wildman–Crippen MR) is 131 cm³/mol. The Bertz CT molecular complexity index is 1000. The van der Waals surface area contributed by atoms with Crippen molar-refractivity contribution in [3.05, 3.63) is 77.9 Å². The van der Waals surface area contributed by atoms with Crippen molar-refractivity contribution in [3.8, 4) is 11.5 Å². The SMILES string of the molecule is COc1ccc(NC(=O)O[C@@H](c2ccc(OCCO)cc2)[C@H](C)C/C=C/C(C)=C/C(=O)NO)cc1. The molecule has 188 valence electrons. The maximum Gasteiger partial charge on any atom is 0.412 e. The number of hydrogen-bond donors (Lipinski definition) is 4. The largest absolute Gasteiger partial charge is 0.497 e. The second-order valence-electron chi connectivity index (χ2n) is 7.80. The first-order valence-corrected chi connectivity index (χ1v) is 11.1. The first kappa shape index (κ1) is 27.4. The first-order valence-electron chi connectivity index (χ1n) is 11.1. The number of anilines is 1. The van der Waals surface area contributed by atoms with Crippen LogP contribution in [0.2, 0.25) is 0 Å². The lowest BCUT2D eigenvalue weighted by Crippen LogP contribution is -2.21. The molecule has 0 saturated heterocycles. The van der Waals surface area contributed by atoms with Gasteiger partial charge in [0.25, 0.3) is 5.91 Å². The minimum Gasteiger partial charge on any atom is -0.497 e. The van der Waals surface area contributed by atoms with E-state index in [0.717, 1.165) is 5.56 Å². The molecule has 0 heterocycles. The fourth-order valence-corrected chi connectivity index (χ4v) is 3.25. The summed E-state index contributed by atoms with van der Waals surface area (Å²) in [5.74, 6) is 0.544. The predicted octanol–water partition coefficient (Wildman–Crippen LogP) is 4.39. The lowest BCUT2D eigenvalue weighted by molar-refractivity contribution is -0.124. The lowest BCUT2D eigenvalue weighted by atomic mass is 9.94. The minimum absolute atomic E-state index is 0.0871. The molecule has 2 aromatic rings. The Morgan fingerprint density at radius 3 is 2.31 bits per heavy atom. The molecule has 0 saturated carbocycles. The Hall–Kier alpha value is -3.82. The summed E-state index contributed by atoms with van der Waals surface area (Å²) in [4.78, 5) is 23.9. The molecule has 0 aliphatic heterocycles. The van der Waals surface area contributed by atoms with Gasteiger partial charge in [-0.1, -0.05) is 31.2 Å². The highest BCUT2D eigenvalue weighted by atomic mass is 16.6. The normalized spacial score (nSPS) is 13.1. The van der Waals surface area contributed by atoms with Crippen molar-refractivity contribution in [2.75, 3.05) is 25.6 Å². The summed E-state index contributed by atoms with van der Waals surface area (Å²) in [5, 5.41) is 20.3. The van der Waals surface area contributed by atoms with Crippen LogP contribution >= 0.6 is 0 Å². The number of carbonyl (C=O) groups is 2. The van der Waals surface area contributed by atoms with E-state index in [0.29, 0.717) is 29.2 Å². The van der Waals surface area contributed by atoms with Gasteiger partial charge in [-0.3, -0.25) is 15.3 Å². The molecule has 0 bridgehead atoms. The molecule has 2 rings (SSSR count). The third-order valence-corrected chi connectivity index (χ3v) is 5.01. The topological polar surface area (TPSA) is 126 Å². The smallest absolute Gasteiger partial charge is 0.412 e. The second-order valence-corrected chi connectivity index (χ2v) is 7.80. The second kappa shape index (κ2) is 14.4. The van der Waals surface area contributed by atoms with E-state index in [2.05, 4.69) is 5.32 Å². The van der Waals surface area contributed by atoms with Crippen LogP contribution < -0.4 is 20.3 Å². The number of allylic oxidation sites excluding steroid dienone is 3. The van der Waals surface area contributed by atoms with Crippen LogP contribution in [0.5, 0.6) is 11.5 Å². The van der Waals surface area contributed by atoms with Crippen LogP contribution in [-0.4, -0.2) is 42.6 Å². The molecule has 9 nitrogen and oxygen atoms in total. The molecule has 0 aromatic heterocycles. The Kier molecular flexibility index (Phi) is 11.3. The van der Waals surface area contributed by atoms with Crippen LogP contribution in [0.25, 0.3) is 0 Å². The zero-order valence-electron chi connectivity index (χ0n) is 20.1. The molecule has 0 spiro atoms. The van der Waals surface area contributed by atoms with Gasteiger partial charge in [0.15, 0.2) is 0 Å². The summed E-state index contributed by atoms with van der Waals surface area (Å²) >= 11 is 0. The summed E-state index contributed by atoms with van der Waals surface area (Å²) < 4.78 is 16.4. The molecule has 0 radical (unpaired) electrons. The van der Waals surface area contributed by atoms with Gasteiger partial charge in [0, 0.05) is 17.7 Å². The minimum atomic E-state index is -0.611. The quantitative estimate of drug-likeness (QED) is 0.152.